The zero-order valence-corrected chi connectivity index (χ0v) is 16.1. The minimum Gasteiger partial charge on any atom is -0.497 e. The number of fused-ring (bicyclic) bond motifs is 3. The number of aryl methyl sites for hydroxylation is 1. The number of aromatic nitrogens is 4. The Balaban J connectivity index is 1.66. The molecule has 148 valence electrons. The van der Waals surface area contributed by atoms with E-state index in [1.807, 2.05) is 25.1 Å². The molecule has 0 bridgehead atoms. The average molecular weight is 393 g/mol. The van der Waals surface area contributed by atoms with Crippen LogP contribution in [0.2, 0.25) is 0 Å². The van der Waals surface area contributed by atoms with E-state index < -0.39 is 11.5 Å². The molecule has 0 unspecified atom stereocenters. The average Bonchev–Trinajstić information content (AvgIpc) is 3.17. The van der Waals surface area contributed by atoms with Gasteiger partial charge in [-0.05, 0) is 42.3 Å². The largest absolute Gasteiger partial charge is 0.497 e. The van der Waals surface area contributed by atoms with Crippen molar-refractivity contribution in [2.75, 3.05) is 14.2 Å². The topological polar surface area (TPSA) is 111 Å². The number of carbonyl (C=O) groups is 1. The van der Waals surface area contributed by atoms with E-state index in [1.54, 1.807) is 32.4 Å². The number of aromatic amines is 1. The Kier molecular flexibility index (Phi) is 4.63. The Labute approximate surface area is 165 Å². The number of ether oxygens (including phenoxy) is 2. The molecule has 2 aromatic carbocycles. The van der Waals surface area contributed by atoms with E-state index in [9.17, 15) is 9.59 Å². The number of benzene rings is 2. The summed E-state index contributed by atoms with van der Waals surface area (Å²) in [4.78, 5) is 28.1. The Morgan fingerprint density at radius 2 is 1.86 bits per heavy atom. The van der Waals surface area contributed by atoms with Gasteiger partial charge in [-0.3, -0.25) is 9.59 Å². The Morgan fingerprint density at radius 1 is 1.14 bits per heavy atom. The van der Waals surface area contributed by atoms with Crippen molar-refractivity contribution in [2.45, 2.75) is 13.5 Å². The van der Waals surface area contributed by atoms with Crippen molar-refractivity contribution in [1.82, 2.24) is 25.1 Å². The summed E-state index contributed by atoms with van der Waals surface area (Å²) in [5.41, 5.74) is 2.70. The van der Waals surface area contributed by atoms with Crippen LogP contribution in [-0.4, -0.2) is 39.9 Å². The third-order valence-corrected chi connectivity index (χ3v) is 4.59. The maximum Gasteiger partial charge on any atom is 0.277 e. The van der Waals surface area contributed by atoms with Crippen LogP contribution in [0.25, 0.3) is 16.6 Å². The van der Waals surface area contributed by atoms with Gasteiger partial charge in [-0.1, -0.05) is 11.3 Å². The minimum atomic E-state index is -0.501. The van der Waals surface area contributed by atoms with Gasteiger partial charge in [-0.25, -0.2) is 4.52 Å². The van der Waals surface area contributed by atoms with Crippen molar-refractivity contribution >= 4 is 22.5 Å². The summed E-state index contributed by atoms with van der Waals surface area (Å²) >= 11 is 0. The van der Waals surface area contributed by atoms with Crippen molar-refractivity contribution in [1.29, 1.82) is 0 Å². The summed E-state index contributed by atoms with van der Waals surface area (Å²) in [7, 11) is 3.11. The highest BCUT2D eigenvalue weighted by Crippen LogP contribution is 2.22. The summed E-state index contributed by atoms with van der Waals surface area (Å²) in [6.45, 7) is 2.13. The number of H-pyrrole nitrogens is 1. The van der Waals surface area contributed by atoms with Crippen LogP contribution < -0.4 is 20.3 Å². The van der Waals surface area contributed by atoms with E-state index >= 15 is 0 Å². The zero-order chi connectivity index (χ0) is 20.5. The molecule has 4 aromatic rings. The third-order valence-electron chi connectivity index (χ3n) is 4.59. The van der Waals surface area contributed by atoms with Gasteiger partial charge in [0.1, 0.15) is 11.5 Å². The summed E-state index contributed by atoms with van der Waals surface area (Å²) in [5.74, 6) is 0.723. The second-order valence-electron chi connectivity index (χ2n) is 6.58. The van der Waals surface area contributed by atoms with Crippen LogP contribution >= 0.6 is 0 Å². The summed E-state index contributed by atoms with van der Waals surface area (Å²) in [6, 6.07) is 10.9. The number of nitrogens with one attached hydrogen (secondary N) is 2. The first-order valence-corrected chi connectivity index (χ1v) is 8.88. The predicted octanol–water partition coefficient (Wildman–Crippen LogP) is 1.83. The van der Waals surface area contributed by atoms with Gasteiger partial charge >= 0.3 is 0 Å². The normalized spacial score (nSPS) is 11.0. The van der Waals surface area contributed by atoms with Crippen LogP contribution in [0.3, 0.4) is 0 Å². The lowest BCUT2D eigenvalue weighted by Gasteiger charge is -2.09. The van der Waals surface area contributed by atoms with Crippen molar-refractivity contribution < 1.29 is 14.3 Å². The smallest absolute Gasteiger partial charge is 0.277 e. The van der Waals surface area contributed by atoms with Gasteiger partial charge in [0.15, 0.2) is 11.2 Å². The predicted molar refractivity (Wildman–Crippen MR) is 107 cm³/mol. The van der Waals surface area contributed by atoms with Gasteiger partial charge in [0.05, 0.1) is 25.3 Å². The molecule has 1 amide bonds. The molecule has 4 rings (SSSR count). The molecule has 0 aliphatic heterocycles. The molecule has 0 fully saturated rings. The molecule has 0 spiro atoms. The number of rotatable bonds is 5. The molecule has 9 nitrogen and oxygen atoms in total. The van der Waals surface area contributed by atoms with Crippen molar-refractivity contribution in [2.24, 2.45) is 0 Å². The highest BCUT2D eigenvalue weighted by molar-refractivity contribution is 5.99. The first kappa shape index (κ1) is 18.5. The second kappa shape index (κ2) is 7.27. The Hall–Kier alpha value is -3.88. The molecule has 2 aromatic heterocycles. The zero-order valence-electron chi connectivity index (χ0n) is 16.1. The molecule has 0 aliphatic carbocycles. The van der Waals surface area contributed by atoms with Crippen molar-refractivity contribution in [3.05, 3.63) is 63.6 Å². The number of nitrogens with zero attached hydrogens (tertiary/aromatic N) is 3. The number of amides is 1. The van der Waals surface area contributed by atoms with Gasteiger partial charge in [0.25, 0.3) is 11.5 Å². The van der Waals surface area contributed by atoms with E-state index in [0.717, 1.165) is 11.1 Å². The summed E-state index contributed by atoms with van der Waals surface area (Å²) in [6.07, 6.45) is 0. The van der Waals surface area contributed by atoms with Crippen molar-refractivity contribution in [3.8, 4) is 11.5 Å². The SMILES string of the molecule is COc1cc(CNC(=O)c2nnn3c2c(=O)[nH]c2cc(C)ccc23)cc(OC)c1. The maximum atomic E-state index is 12.7. The fourth-order valence-electron chi connectivity index (χ4n) is 3.16. The molecule has 0 aliphatic rings. The number of hydrogen-bond donors (Lipinski definition) is 2. The molecule has 9 heteroatoms. The third kappa shape index (κ3) is 3.38. The standard InChI is InChI=1S/C20H19N5O4/c1-11-4-5-16-15(6-11)22-20(27)18-17(23-24-25(16)18)19(26)21-10-12-7-13(28-2)9-14(8-12)29-3/h4-9H,10H2,1-3H3,(H,21,26)(H,22,27). The lowest BCUT2D eigenvalue weighted by molar-refractivity contribution is 0.0947. The van der Waals surface area contributed by atoms with E-state index in [0.29, 0.717) is 22.5 Å². The fraction of sp³-hybridized carbons (Fsp3) is 0.200. The molecular weight excluding hydrogens is 374 g/mol. The molecule has 0 atom stereocenters. The molecule has 0 saturated carbocycles. The van der Waals surface area contributed by atoms with Gasteiger partial charge in [-0.2, -0.15) is 0 Å². The van der Waals surface area contributed by atoms with E-state index in [2.05, 4.69) is 20.6 Å². The van der Waals surface area contributed by atoms with Crippen LogP contribution in [0.4, 0.5) is 0 Å². The van der Waals surface area contributed by atoms with E-state index in [1.165, 1.54) is 4.52 Å². The maximum absolute atomic E-state index is 12.7. The van der Waals surface area contributed by atoms with E-state index in [4.69, 9.17) is 9.47 Å². The molecule has 2 heterocycles. The van der Waals surface area contributed by atoms with Gasteiger partial charge < -0.3 is 19.8 Å². The quantitative estimate of drug-likeness (QED) is 0.535. The number of carbonyl (C=O) groups excluding carboxylic acids is 1. The van der Waals surface area contributed by atoms with Crippen LogP contribution in [0.15, 0.2) is 41.2 Å². The molecule has 0 saturated heterocycles. The molecule has 2 N–H and O–H groups in total. The Morgan fingerprint density at radius 3 is 2.55 bits per heavy atom. The van der Waals surface area contributed by atoms with Crippen LogP contribution in [0.1, 0.15) is 21.6 Å². The number of methoxy groups -OCH3 is 2. The van der Waals surface area contributed by atoms with Crippen LogP contribution in [0, 0.1) is 6.92 Å². The monoisotopic (exact) mass is 393 g/mol. The summed E-state index contributed by atoms with van der Waals surface area (Å²) in [5, 5.41) is 10.7. The summed E-state index contributed by atoms with van der Waals surface area (Å²) < 4.78 is 11.9. The first-order chi connectivity index (χ1) is 14.0. The van der Waals surface area contributed by atoms with Crippen molar-refractivity contribution in [3.63, 3.8) is 0 Å². The van der Waals surface area contributed by atoms with Gasteiger partial charge in [0, 0.05) is 12.6 Å². The fourth-order valence-corrected chi connectivity index (χ4v) is 3.16. The lowest BCUT2D eigenvalue weighted by Crippen LogP contribution is -2.25. The Bertz CT molecular complexity index is 1270. The molecular formula is C20H19N5O4. The lowest BCUT2D eigenvalue weighted by atomic mass is 10.2. The van der Waals surface area contributed by atoms with Gasteiger partial charge in [0.2, 0.25) is 0 Å². The van der Waals surface area contributed by atoms with E-state index in [-0.39, 0.29) is 17.8 Å². The molecule has 0 radical (unpaired) electrons. The second-order valence-corrected chi connectivity index (χ2v) is 6.58. The van der Waals surface area contributed by atoms with Crippen LogP contribution in [-0.2, 0) is 6.54 Å². The first-order valence-electron chi connectivity index (χ1n) is 8.88. The highest BCUT2D eigenvalue weighted by atomic mass is 16.5. The number of hydrogen-bond acceptors (Lipinski definition) is 6. The van der Waals surface area contributed by atoms with Gasteiger partial charge in [-0.15, -0.1) is 5.10 Å². The van der Waals surface area contributed by atoms with Crippen LogP contribution in [0.5, 0.6) is 11.5 Å². The molecule has 29 heavy (non-hydrogen) atoms. The minimum absolute atomic E-state index is 0.0383. The highest BCUT2D eigenvalue weighted by Gasteiger charge is 2.19.